The largest absolute Gasteiger partial charge is 0.493 e. The Hall–Kier alpha value is -2.77. The number of methoxy groups -OCH3 is 1. The van der Waals surface area contributed by atoms with Crippen molar-refractivity contribution in [3.63, 3.8) is 0 Å². The van der Waals surface area contributed by atoms with Crippen molar-refractivity contribution in [3.05, 3.63) is 35.9 Å². The molecule has 8 nitrogen and oxygen atoms in total. The fourth-order valence-corrected chi connectivity index (χ4v) is 2.49. The second-order valence-corrected chi connectivity index (χ2v) is 5.73. The Balaban J connectivity index is 1.76. The molecule has 26 heavy (non-hydrogen) atoms. The van der Waals surface area contributed by atoms with E-state index in [1.807, 2.05) is 30.7 Å². The van der Waals surface area contributed by atoms with E-state index in [2.05, 4.69) is 31.9 Å². The minimum Gasteiger partial charge on any atom is -0.493 e. The normalized spacial score (nSPS) is 11.3. The lowest BCUT2D eigenvalue weighted by Crippen LogP contribution is -2.37. The highest BCUT2D eigenvalue weighted by Gasteiger charge is 2.06. The van der Waals surface area contributed by atoms with Crippen LogP contribution in [0.2, 0.25) is 0 Å². The fraction of sp³-hybridized carbons (Fsp3) is 0.500. The van der Waals surface area contributed by atoms with E-state index in [-0.39, 0.29) is 0 Å². The van der Waals surface area contributed by atoms with Gasteiger partial charge >= 0.3 is 0 Å². The van der Waals surface area contributed by atoms with Crippen LogP contribution in [-0.4, -0.2) is 48.0 Å². The third kappa shape index (κ3) is 5.65. The zero-order chi connectivity index (χ0) is 18.8. The van der Waals surface area contributed by atoms with Gasteiger partial charge in [-0.1, -0.05) is 6.07 Å². The Morgan fingerprint density at radius 1 is 1.27 bits per heavy atom. The summed E-state index contributed by atoms with van der Waals surface area (Å²) >= 11 is 0. The number of nitrogens with one attached hydrogen (secondary N) is 2. The molecule has 0 bridgehead atoms. The summed E-state index contributed by atoms with van der Waals surface area (Å²) in [6.07, 6.45) is 3.60. The lowest BCUT2D eigenvalue weighted by molar-refractivity contribution is 0.310. The van der Waals surface area contributed by atoms with Crippen LogP contribution in [0, 0.1) is 0 Å². The predicted molar refractivity (Wildman–Crippen MR) is 102 cm³/mol. The molecule has 2 rings (SSSR count). The maximum atomic E-state index is 5.62. The van der Waals surface area contributed by atoms with Crippen molar-refractivity contribution < 1.29 is 9.47 Å². The number of aryl methyl sites for hydroxylation is 2. The number of nitrogens with zero attached hydrogens (tertiary/aromatic N) is 4. The Morgan fingerprint density at radius 3 is 2.77 bits per heavy atom. The second-order valence-electron chi connectivity index (χ2n) is 5.73. The molecule has 8 heteroatoms. The van der Waals surface area contributed by atoms with Crippen molar-refractivity contribution in [2.24, 2.45) is 12.0 Å². The molecule has 0 aliphatic carbocycles. The van der Waals surface area contributed by atoms with Gasteiger partial charge in [-0.15, -0.1) is 10.2 Å². The summed E-state index contributed by atoms with van der Waals surface area (Å²) in [5.41, 5.74) is 1.22. The number of rotatable bonds is 9. The van der Waals surface area contributed by atoms with E-state index in [1.54, 1.807) is 20.5 Å². The molecular weight excluding hydrogens is 332 g/mol. The summed E-state index contributed by atoms with van der Waals surface area (Å²) in [7, 11) is 5.32. The maximum Gasteiger partial charge on any atom is 0.191 e. The highest BCUT2D eigenvalue weighted by atomic mass is 16.5. The monoisotopic (exact) mass is 360 g/mol. The number of hydrogen-bond acceptors (Lipinski definition) is 5. The molecule has 0 saturated carbocycles. The first kappa shape index (κ1) is 19.6. The number of hydrogen-bond donors (Lipinski definition) is 2. The molecule has 0 atom stereocenters. The van der Waals surface area contributed by atoms with Crippen LogP contribution in [0.15, 0.2) is 29.5 Å². The topological polar surface area (TPSA) is 85.6 Å². The quantitative estimate of drug-likeness (QED) is 0.401. The highest BCUT2D eigenvalue weighted by molar-refractivity contribution is 5.79. The minimum absolute atomic E-state index is 0.576. The number of aliphatic imine (C=N–C) groups is 1. The van der Waals surface area contributed by atoms with E-state index in [9.17, 15) is 0 Å². The average Bonchev–Trinajstić information content (AvgIpc) is 3.06. The molecule has 0 spiro atoms. The Bertz CT molecular complexity index is 713. The Morgan fingerprint density at radius 2 is 2.12 bits per heavy atom. The van der Waals surface area contributed by atoms with Gasteiger partial charge in [0.05, 0.1) is 20.3 Å². The van der Waals surface area contributed by atoms with Crippen LogP contribution in [-0.2, 0) is 20.0 Å². The lowest BCUT2D eigenvalue weighted by atomic mass is 10.1. The third-order valence-electron chi connectivity index (χ3n) is 3.91. The number of benzene rings is 1. The molecule has 0 aliphatic heterocycles. The van der Waals surface area contributed by atoms with Crippen LogP contribution < -0.4 is 20.1 Å². The Labute approximate surface area is 154 Å². The number of aromatic nitrogens is 3. The molecular formula is C18H28N6O2. The second kappa shape index (κ2) is 10.3. The summed E-state index contributed by atoms with van der Waals surface area (Å²) in [6, 6.07) is 6.07. The smallest absolute Gasteiger partial charge is 0.191 e. The summed E-state index contributed by atoms with van der Waals surface area (Å²) in [5, 5.41) is 14.4. The van der Waals surface area contributed by atoms with Gasteiger partial charge in [0, 0.05) is 20.6 Å². The summed E-state index contributed by atoms with van der Waals surface area (Å²) in [5.74, 6) is 3.16. The molecule has 1 aromatic carbocycles. The van der Waals surface area contributed by atoms with Gasteiger partial charge in [-0.25, -0.2) is 0 Å². The molecule has 0 amide bonds. The zero-order valence-corrected chi connectivity index (χ0v) is 16.0. The van der Waals surface area contributed by atoms with Gasteiger partial charge in [0.1, 0.15) is 6.33 Å². The van der Waals surface area contributed by atoms with Crippen LogP contribution in [0.25, 0.3) is 0 Å². The van der Waals surface area contributed by atoms with Crippen molar-refractivity contribution in [1.29, 1.82) is 0 Å². The van der Waals surface area contributed by atoms with E-state index < -0.39 is 0 Å². The average molecular weight is 360 g/mol. The van der Waals surface area contributed by atoms with Gasteiger partial charge in [0.15, 0.2) is 23.3 Å². The zero-order valence-electron chi connectivity index (χ0n) is 16.0. The standard InChI is InChI=1S/C18H28N6O2/c1-5-26-16-11-14(8-9-15(16)25-4)7-6-10-20-18(19-2)21-12-17-23-22-13-24(17)3/h8-9,11,13H,5-7,10,12H2,1-4H3,(H2,19,20,21). The van der Waals surface area contributed by atoms with Gasteiger partial charge in [-0.2, -0.15) is 0 Å². The number of ether oxygens (including phenoxy) is 2. The van der Waals surface area contributed by atoms with Crippen molar-refractivity contribution in [3.8, 4) is 11.5 Å². The highest BCUT2D eigenvalue weighted by Crippen LogP contribution is 2.28. The van der Waals surface area contributed by atoms with E-state index in [0.29, 0.717) is 13.2 Å². The van der Waals surface area contributed by atoms with Crippen molar-refractivity contribution in [2.75, 3.05) is 27.3 Å². The van der Waals surface area contributed by atoms with E-state index >= 15 is 0 Å². The van der Waals surface area contributed by atoms with E-state index in [4.69, 9.17) is 9.47 Å². The predicted octanol–water partition coefficient (Wildman–Crippen LogP) is 1.52. The fourth-order valence-electron chi connectivity index (χ4n) is 2.49. The van der Waals surface area contributed by atoms with E-state index in [1.165, 1.54) is 5.56 Å². The minimum atomic E-state index is 0.576. The molecule has 142 valence electrons. The van der Waals surface area contributed by atoms with Crippen LogP contribution in [0.1, 0.15) is 24.7 Å². The maximum absolute atomic E-state index is 5.62. The summed E-state index contributed by atoms with van der Waals surface area (Å²) < 4.78 is 12.8. The first-order valence-corrected chi connectivity index (χ1v) is 8.75. The molecule has 0 saturated heterocycles. The van der Waals surface area contributed by atoms with Crippen LogP contribution in [0.4, 0.5) is 0 Å². The molecule has 1 aromatic heterocycles. The van der Waals surface area contributed by atoms with E-state index in [0.717, 1.165) is 42.7 Å². The van der Waals surface area contributed by atoms with Crippen LogP contribution in [0.3, 0.4) is 0 Å². The van der Waals surface area contributed by atoms with Gasteiger partial charge < -0.3 is 24.7 Å². The van der Waals surface area contributed by atoms with Crippen molar-refractivity contribution >= 4 is 5.96 Å². The third-order valence-corrected chi connectivity index (χ3v) is 3.91. The molecule has 0 unspecified atom stereocenters. The SMILES string of the molecule is CCOc1cc(CCCNC(=NC)NCc2nncn2C)ccc1OC. The van der Waals surface area contributed by atoms with Gasteiger partial charge in [0.2, 0.25) is 0 Å². The molecule has 1 heterocycles. The summed E-state index contributed by atoms with van der Waals surface area (Å²) in [4.78, 5) is 4.22. The first-order chi connectivity index (χ1) is 12.7. The van der Waals surface area contributed by atoms with Crippen molar-refractivity contribution in [2.45, 2.75) is 26.3 Å². The van der Waals surface area contributed by atoms with Gasteiger partial charge in [-0.05, 0) is 37.5 Å². The molecule has 0 aliphatic rings. The summed E-state index contributed by atoms with van der Waals surface area (Å²) in [6.45, 7) is 3.98. The first-order valence-electron chi connectivity index (χ1n) is 8.75. The number of guanidine groups is 1. The Kier molecular flexibility index (Phi) is 7.73. The van der Waals surface area contributed by atoms with Crippen LogP contribution >= 0.6 is 0 Å². The van der Waals surface area contributed by atoms with Gasteiger partial charge in [0.25, 0.3) is 0 Å². The molecule has 0 radical (unpaired) electrons. The lowest BCUT2D eigenvalue weighted by Gasteiger charge is -2.13. The van der Waals surface area contributed by atoms with Crippen molar-refractivity contribution in [1.82, 2.24) is 25.4 Å². The molecule has 2 aromatic rings. The van der Waals surface area contributed by atoms with Crippen LogP contribution in [0.5, 0.6) is 11.5 Å². The molecule has 0 fully saturated rings. The molecule has 2 N–H and O–H groups in total. The van der Waals surface area contributed by atoms with Gasteiger partial charge in [-0.3, -0.25) is 4.99 Å².